The monoisotopic (exact) mass is 394 g/mol. The summed E-state index contributed by atoms with van der Waals surface area (Å²) >= 11 is 0. The van der Waals surface area contributed by atoms with Crippen LogP contribution in [0, 0.1) is 0 Å². The fourth-order valence-corrected chi connectivity index (χ4v) is 3.22. The normalized spacial score (nSPS) is 14.2. The number of rotatable bonds is 9. The Morgan fingerprint density at radius 1 is 1.07 bits per heavy atom. The number of hydrogen-bond acceptors (Lipinski definition) is 3. The summed E-state index contributed by atoms with van der Waals surface area (Å²) in [4.78, 5) is 18.3. The lowest BCUT2D eigenvalue weighted by molar-refractivity contribution is -0.127. The molecule has 1 amide bonds. The summed E-state index contributed by atoms with van der Waals surface area (Å²) < 4.78 is 5.82. The summed E-state index contributed by atoms with van der Waals surface area (Å²) in [7, 11) is 0. The van der Waals surface area contributed by atoms with Crippen molar-refractivity contribution in [1.82, 2.24) is 15.5 Å². The molecule has 0 bridgehead atoms. The quantitative estimate of drug-likeness (QED) is 0.388. The fourth-order valence-electron chi connectivity index (χ4n) is 3.22. The van der Waals surface area contributed by atoms with E-state index in [4.69, 9.17) is 4.74 Å². The zero-order valence-electron chi connectivity index (χ0n) is 17.1. The van der Waals surface area contributed by atoms with Crippen LogP contribution < -0.4 is 15.4 Å². The van der Waals surface area contributed by atoms with E-state index in [1.54, 1.807) is 0 Å². The fraction of sp³-hybridized carbons (Fsp3) is 0.391. The number of aliphatic imine (C=N–C) groups is 1. The zero-order valence-corrected chi connectivity index (χ0v) is 17.1. The number of guanidine groups is 1. The maximum absolute atomic E-state index is 11.7. The maximum atomic E-state index is 11.7. The molecule has 0 radical (unpaired) electrons. The lowest BCUT2D eigenvalue weighted by Crippen LogP contribution is -2.39. The second kappa shape index (κ2) is 11.1. The van der Waals surface area contributed by atoms with Gasteiger partial charge < -0.3 is 20.3 Å². The topological polar surface area (TPSA) is 66.0 Å². The van der Waals surface area contributed by atoms with E-state index < -0.39 is 0 Å². The lowest BCUT2D eigenvalue weighted by atomic mass is 10.2. The lowest BCUT2D eigenvalue weighted by Gasteiger charge is -2.16. The van der Waals surface area contributed by atoms with E-state index in [-0.39, 0.29) is 5.91 Å². The van der Waals surface area contributed by atoms with Crippen LogP contribution in [0.1, 0.15) is 31.7 Å². The molecule has 1 aliphatic heterocycles. The van der Waals surface area contributed by atoms with Gasteiger partial charge in [0.2, 0.25) is 5.91 Å². The molecule has 6 heteroatoms. The van der Waals surface area contributed by atoms with Crippen LogP contribution in [0.15, 0.2) is 59.6 Å². The molecule has 154 valence electrons. The minimum atomic E-state index is 0.283. The molecule has 1 saturated heterocycles. The predicted octanol–water partition coefficient (Wildman–Crippen LogP) is 3.55. The molecule has 3 rings (SSSR count). The molecule has 1 heterocycles. The SMILES string of the molecule is CCNC(=NCc1ccc(Oc2ccccc2)cc1)NCCCN1CCCC1=O. The summed E-state index contributed by atoms with van der Waals surface area (Å²) in [6.45, 7) is 5.95. The number of likely N-dealkylation sites (tertiary alicyclic amines) is 1. The van der Waals surface area contributed by atoms with Crippen LogP contribution in [0.5, 0.6) is 11.5 Å². The molecule has 2 aromatic carbocycles. The molecule has 0 aliphatic carbocycles. The molecular formula is C23H30N4O2. The maximum Gasteiger partial charge on any atom is 0.222 e. The Bertz CT molecular complexity index is 790. The molecule has 29 heavy (non-hydrogen) atoms. The number of para-hydroxylation sites is 1. The smallest absolute Gasteiger partial charge is 0.222 e. The largest absolute Gasteiger partial charge is 0.457 e. The van der Waals surface area contributed by atoms with Crippen LogP contribution in [0.3, 0.4) is 0 Å². The van der Waals surface area contributed by atoms with E-state index in [0.717, 1.165) is 62.0 Å². The highest BCUT2D eigenvalue weighted by Gasteiger charge is 2.18. The van der Waals surface area contributed by atoms with Crippen LogP contribution in [-0.2, 0) is 11.3 Å². The average molecular weight is 395 g/mol. The first kappa shape index (κ1) is 20.7. The van der Waals surface area contributed by atoms with Crippen molar-refractivity contribution >= 4 is 11.9 Å². The molecule has 2 N–H and O–H groups in total. The predicted molar refractivity (Wildman–Crippen MR) is 116 cm³/mol. The summed E-state index contributed by atoms with van der Waals surface area (Å²) in [5.74, 6) is 2.72. The second-order valence-corrected chi connectivity index (χ2v) is 7.02. The van der Waals surface area contributed by atoms with Gasteiger partial charge in [0.1, 0.15) is 11.5 Å². The van der Waals surface area contributed by atoms with Crippen molar-refractivity contribution in [2.45, 2.75) is 32.7 Å². The van der Waals surface area contributed by atoms with Crippen molar-refractivity contribution in [2.24, 2.45) is 4.99 Å². The molecule has 0 unspecified atom stereocenters. The highest BCUT2D eigenvalue weighted by molar-refractivity contribution is 5.79. The first-order valence-corrected chi connectivity index (χ1v) is 10.4. The van der Waals surface area contributed by atoms with Gasteiger partial charge in [0.25, 0.3) is 0 Å². The molecule has 0 aromatic heterocycles. The third-order valence-electron chi connectivity index (χ3n) is 4.73. The number of ether oxygens (including phenoxy) is 1. The summed E-state index contributed by atoms with van der Waals surface area (Å²) in [6, 6.07) is 17.7. The van der Waals surface area contributed by atoms with Crippen molar-refractivity contribution in [3.8, 4) is 11.5 Å². The van der Waals surface area contributed by atoms with Gasteiger partial charge in [0.05, 0.1) is 6.54 Å². The Morgan fingerprint density at radius 3 is 2.52 bits per heavy atom. The van der Waals surface area contributed by atoms with Crippen LogP contribution in [0.4, 0.5) is 0 Å². The van der Waals surface area contributed by atoms with E-state index in [9.17, 15) is 4.79 Å². The third kappa shape index (κ3) is 6.82. The second-order valence-electron chi connectivity index (χ2n) is 7.02. The van der Waals surface area contributed by atoms with Gasteiger partial charge in [-0.15, -0.1) is 0 Å². The number of amides is 1. The molecule has 6 nitrogen and oxygen atoms in total. The van der Waals surface area contributed by atoms with E-state index in [1.807, 2.05) is 59.5 Å². The Morgan fingerprint density at radius 2 is 1.83 bits per heavy atom. The minimum Gasteiger partial charge on any atom is -0.457 e. The van der Waals surface area contributed by atoms with Crippen molar-refractivity contribution in [3.63, 3.8) is 0 Å². The molecule has 0 spiro atoms. The van der Waals surface area contributed by atoms with Gasteiger partial charge >= 0.3 is 0 Å². The molecule has 1 fully saturated rings. The van der Waals surface area contributed by atoms with Gasteiger partial charge in [-0.1, -0.05) is 30.3 Å². The van der Waals surface area contributed by atoms with Crippen LogP contribution in [-0.4, -0.2) is 42.9 Å². The van der Waals surface area contributed by atoms with Crippen LogP contribution in [0.25, 0.3) is 0 Å². The Kier molecular flexibility index (Phi) is 7.92. The van der Waals surface area contributed by atoms with E-state index in [2.05, 4.69) is 22.5 Å². The Labute approximate surface area is 173 Å². The summed E-state index contributed by atoms with van der Waals surface area (Å²) in [6.07, 6.45) is 2.61. The van der Waals surface area contributed by atoms with Crippen LogP contribution in [0.2, 0.25) is 0 Å². The van der Waals surface area contributed by atoms with Crippen LogP contribution >= 0.6 is 0 Å². The van der Waals surface area contributed by atoms with E-state index >= 15 is 0 Å². The van der Waals surface area contributed by atoms with Gasteiger partial charge in [-0.3, -0.25) is 4.79 Å². The third-order valence-corrected chi connectivity index (χ3v) is 4.73. The van der Waals surface area contributed by atoms with Crippen molar-refractivity contribution in [1.29, 1.82) is 0 Å². The number of nitrogens with zero attached hydrogens (tertiary/aromatic N) is 2. The molecule has 0 atom stereocenters. The van der Waals surface area contributed by atoms with Gasteiger partial charge in [-0.25, -0.2) is 4.99 Å². The number of carbonyl (C=O) groups excluding carboxylic acids is 1. The molecule has 1 aliphatic rings. The summed E-state index contributed by atoms with van der Waals surface area (Å²) in [5.41, 5.74) is 1.12. The van der Waals surface area contributed by atoms with E-state index in [1.165, 1.54) is 0 Å². The number of carbonyl (C=O) groups is 1. The molecule has 2 aromatic rings. The van der Waals surface area contributed by atoms with E-state index in [0.29, 0.717) is 13.0 Å². The Balaban J connectivity index is 1.45. The average Bonchev–Trinajstić information content (AvgIpc) is 3.16. The van der Waals surface area contributed by atoms with Crippen molar-refractivity contribution in [3.05, 3.63) is 60.2 Å². The number of benzene rings is 2. The van der Waals surface area contributed by atoms with Gasteiger partial charge in [0.15, 0.2) is 5.96 Å². The number of nitrogens with one attached hydrogen (secondary N) is 2. The first-order chi connectivity index (χ1) is 14.2. The molecule has 0 saturated carbocycles. The summed E-state index contributed by atoms with van der Waals surface area (Å²) in [5, 5.41) is 6.62. The highest BCUT2D eigenvalue weighted by atomic mass is 16.5. The highest BCUT2D eigenvalue weighted by Crippen LogP contribution is 2.21. The Hall–Kier alpha value is -3.02. The number of hydrogen-bond donors (Lipinski definition) is 2. The van der Waals surface area contributed by atoms with Gasteiger partial charge in [0, 0.05) is 32.6 Å². The van der Waals surface area contributed by atoms with Gasteiger partial charge in [-0.05, 0) is 49.6 Å². The molecular weight excluding hydrogens is 364 g/mol. The zero-order chi connectivity index (χ0) is 20.3. The van der Waals surface area contributed by atoms with Crippen molar-refractivity contribution < 1.29 is 9.53 Å². The minimum absolute atomic E-state index is 0.283. The van der Waals surface area contributed by atoms with Crippen molar-refractivity contribution in [2.75, 3.05) is 26.2 Å². The van der Waals surface area contributed by atoms with Gasteiger partial charge in [-0.2, -0.15) is 0 Å². The first-order valence-electron chi connectivity index (χ1n) is 10.4. The standard InChI is InChI=1S/C23H30N4O2/c1-2-24-23(25-15-7-17-27-16-6-10-22(27)28)26-18-19-11-13-21(14-12-19)29-20-8-4-3-5-9-20/h3-5,8-9,11-14H,2,6-7,10,15-18H2,1H3,(H2,24,25,26).